The van der Waals surface area contributed by atoms with Gasteiger partial charge in [-0.25, -0.2) is 0 Å². The Morgan fingerprint density at radius 1 is 1.50 bits per heavy atom. The highest BCUT2D eigenvalue weighted by molar-refractivity contribution is 4.94. The van der Waals surface area contributed by atoms with E-state index in [2.05, 4.69) is 5.32 Å². The van der Waals surface area contributed by atoms with E-state index in [0.717, 1.165) is 26.1 Å². The molecule has 0 saturated heterocycles. The van der Waals surface area contributed by atoms with Crippen molar-refractivity contribution in [2.75, 3.05) is 26.8 Å². The summed E-state index contributed by atoms with van der Waals surface area (Å²) in [6.07, 6.45) is 4.50. The Kier molecular flexibility index (Phi) is 4.85. The molecule has 1 atom stereocenters. The first-order valence-electron chi connectivity index (χ1n) is 5.56. The number of nitrogens with one attached hydrogen (secondary N) is 1. The molecule has 3 heteroatoms. The Hall–Kier alpha value is -0.120. The number of ether oxygens (including phenoxy) is 1. The van der Waals surface area contributed by atoms with Crippen LogP contribution in [0.4, 0.5) is 0 Å². The van der Waals surface area contributed by atoms with Gasteiger partial charge in [-0.05, 0) is 44.6 Å². The monoisotopic (exact) mass is 201 g/mol. The van der Waals surface area contributed by atoms with Gasteiger partial charge in [0.15, 0.2) is 0 Å². The quantitative estimate of drug-likeness (QED) is 0.579. The van der Waals surface area contributed by atoms with Gasteiger partial charge in [0.05, 0.1) is 6.10 Å². The molecule has 14 heavy (non-hydrogen) atoms. The summed E-state index contributed by atoms with van der Waals surface area (Å²) < 4.78 is 5.09. The second kappa shape index (κ2) is 5.69. The molecule has 0 spiro atoms. The Bertz CT molecular complexity index is 155. The van der Waals surface area contributed by atoms with Crippen LogP contribution in [0, 0.1) is 5.41 Å². The van der Waals surface area contributed by atoms with Crippen LogP contribution >= 0.6 is 0 Å². The van der Waals surface area contributed by atoms with Gasteiger partial charge in [-0.15, -0.1) is 0 Å². The lowest BCUT2D eigenvalue weighted by atomic mass is 10.0. The largest absolute Gasteiger partial charge is 0.393 e. The molecular formula is C11H23NO2. The zero-order valence-corrected chi connectivity index (χ0v) is 9.38. The van der Waals surface area contributed by atoms with Crippen LogP contribution in [0.5, 0.6) is 0 Å². The van der Waals surface area contributed by atoms with Gasteiger partial charge >= 0.3 is 0 Å². The minimum absolute atomic E-state index is 0.184. The van der Waals surface area contributed by atoms with Crippen molar-refractivity contribution in [3.63, 3.8) is 0 Å². The maximum absolute atomic E-state index is 9.08. The second-order valence-corrected chi connectivity index (χ2v) is 4.56. The Labute approximate surface area is 86.8 Å². The molecule has 0 aromatic heterocycles. The zero-order chi connectivity index (χ0) is 10.4. The van der Waals surface area contributed by atoms with Crippen molar-refractivity contribution in [1.82, 2.24) is 5.32 Å². The number of hydrogen-bond acceptors (Lipinski definition) is 3. The third-order valence-corrected chi connectivity index (χ3v) is 3.03. The molecule has 1 rings (SSSR count). The van der Waals surface area contributed by atoms with E-state index in [0.29, 0.717) is 5.41 Å². The Morgan fingerprint density at radius 3 is 2.71 bits per heavy atom. The van der Waals surface area contributed by atoms with E-state index in [1.165, 1.54) is 19.3 Å². The third-order valence-electron chi connectivity index (χ3n) is 3.03. The molecule has 1 aliphatic carbocycles. The van der Waals surface area contributed by atoms with E-state index in [9.17, 15) is 0 Å². The molecule has 84 valence electrons. The third kappa shape index (κ3) is 4.40. The molecule has 0 amide bonds. The Balaban J connectivity index is 2.00. The van der Waals surface area contributed by atoms with Crippen LogP contribution in [0.15, 0.2) is 0 Å². The number of aliphatic hydroxyl groups is 1. The average molecular weight is 201 g/mol. The van der Waals surface area contributed by atoms with Crippen molar-refractivity contribution in [2.24, 2.45) is 5.41 Å². The molecule has 0 radical (unpaired) electrons. The molecule has 1 saturated carbocycles. The summed E-state index contributed by atoms with van der Waals surface area (Å²) in [5.41, 5.74) is 0.523. The summed E-state index contributed by atoms with van der Waals surface area (Å²) in [4.78, 5) is 0. The number of rotatable bonds is 8. The molecule has 0 heterocycles. The van der Waals surface area contributed by atoms with Crippen molar-refractivity contribution in [3.8, 4) is 0 Å². The van der Waals surface area contributed by atoms with Crippen LogP contribution in [0.2, 0.25) is 0 Å². The molecule has 0 bridgehead atoms. The SMILES string of the molecule is COCCC1(CNCCC(C)O)CC1. The van der Waals surface area contributed by atoms with E-state index in [-0.39, 0.29) is 6.10 Å². The molecular weight excluding hydrogens is 178 g/mol. The van der Waals surface area contributed by atoms with Crippen molar-refractivity contribution < 1.29 is 9.84 Å². The lowest BCUT2D eigenvalue weighted by Gasteiger charge is -2.15. The van der Waals surface area contributed by atoms with E-state index in [1.807, 2.05) is 6.92 Å². The summed E-state index contributed by atoms with van der Waals surface area (Å²) in [7, 11) is 1.76. The highest BCUT2D eigenvalue weighted by Crippen LogP contribution is 2.48. The van der Waals surface area contributed by atoms with Gasteiger partial charge in [-0.1, -0.05) is 0 Å². The van der Waals surface area contributed by atoms with E-state index in [1.54, 1.807) is 7.11 Å². The standard InChI is InChI=1S/C11H23NO2/c1-10(13)3-7-12-9-11(4-5-11)6-8-14-2/h10,12-13H,3-9H2,1-2H3. The van der Waals surface area contributed by atoms with Crippen LogP contribution in [-0.4, -0.2) is 38.0 Å². The molecule has 0 aromatic carbocycles. The van der Waals surface area contributed by atoms with Crippen LogP contribution in [0.3, 0.4) is 0 Å². The molecule has 1 unspecified atom stereocenters. The van der Waals surface area contributed by atoms with Crippen molar-refractivity contribution in [3.05, 3.63) is 0 Å². The van der Waals surface area contributed by atoms with Crippen LogP contribution in [0.25, 0.3) is 0 Å². The molecule has 3 nitrogen and oxygen atoms in total. The zero-order valence-electron chi connectivity index (χ0n) is 9.38. The average Bonchev–Trinajstić information content (AvgIpc) is 2.90. The molecule has 1 fully saturated rings. The summed E-state index contributed by atoms with van der Waals surface area (Å²) in [5, 5.41) is 12.5. The predicted molar refractivity (Wildman–Crippen MR) is 57.3 cm³/mol. The normalized spacial score (nSPS) is 20.8. The molecule has 0 aromatic rings. The predicted octanol–water partition coefficient (Wildman–Crippen LogP) is 1.16. The van der Waals surface area contributed by atoms with Gasteiger partial charge in [0.1, 0.15) is 0 Å². The van der Waals surface area contributed by atoms with Gasteiger partial charge in [0.2, 0.25) is 0 Å². The van der Waals surface area contributed by atoms with Crippen molar-refractivity contribution >= 4 is 0 Å². The molecule has 0 aliphatic heterocycles. The minimum atomic E-state index is -0.184. The van der Waals surface area contributed by atoms with Crippen LogP contribution in [0.1, 0.15) is 32.6 Å². The van der Waals surface area contributed by atoms with Gasteiger partial charge in [-0.2, -0.15) is 0 Å². The number of hydrogen-bond donors (Lipinski definition) is 2. The summed E-state index contributed by atoms with van der Waals surface area (Å²) >= 11 is 0. The first-order chi connectivity index (χ1) is 6.68. The van der Waals surface area contributed by atoms with E-state index in [4.69, 9.17) is 9.84 Å². The highest BCUT2D eigenvalue weighted by Gasteiger charge is 2.41. The van der Waals surface area contributed by atoms with Crippen LogP contribution < -0.4 is 5.32 Å². The summed E-state index contributed by atoms with van der Waals surface area (Å²) in [5.74, 6) is 0. The van der Waals surface area contributed by atoms with Gasteiger partial charge in [-0.3, -0.25) is 0 Å². The van der Waals surface area contributed by atoms with Gasteiger partial charge in [0, 0.05) is 20.3 Å². The lowest BCUT2D eigenvalue weighted by Crippen LogP contribution is -2.27. The minimum Gasteiger partial charge on any atom is -0.393 e. The summed E-state index contributed by atoms with van der Waals surface area (Å²) in [6.45, 7) is 4.72. The Morgan fingerprint density at radius 2 is 2.21 bits per heavy atom. The van der Waals surface area contributed by atoms with Gasteiger partial charge in [0.25, 0.3) is 0 Å². The fourth-order valence-electron chi connectivity index (χ4n) is 1.68. The van der Waals surface area contributed by atoms with Crippen LogP contribution in [-0.2, 0) is 4.74 Å². The fraction of sp³-hybridized carbons (Fsp3) is 1.00. The van der Waals surface area contributed by atoms with E-state index < -0.39 is 0 Å². The second-order valence-electron chi connectivity index (χ2n) is 4.56. The smallest absolute Gasteiger partial charge is 0.0524 e. The summed E-state index contributed by atoms with van der Waals surface area (Å²) in [6, 6.07) is 0. The van der Waals surface area contributed by atoms with Crippen molar-refractivity contribution in [2.45, 2.75) is 38.7 Å². The first-order valence-corrected chi connectivity index (χ1v) is 5.56. The fourth-order valence-corrected chi connectivity index (χ4v) is 1.68. The maximum atomic E-state index is 9.08. The van der Waals surface area contributed by atoms with E-state index >= 15 is 0 Å². The lowest BCUT2D eigenvalue weighted by molar-refractivity contribution is 0.167. The highest BCUT2D eigenvalue weighted by atomic mass is 16.5. The van der Waals surface area contributed by atoms with Crippen molar-refractivity contribution in [1.29, 1.82) is 0 Å². The maximum Gasteiger partial charge on any atom is 0.0524 e. The topological polar surface area (TPSA) is 41.5 Å². The number of aliphatic hydroxyl groups excluding tert-OH is 1. The first kappa shape index (κ1) is 12.0. The number of methoxy groups -OCH3 is 1. The molecule has 2 N–H and O–H groups in total. The molecule has 1 aliphatic rings. The van der Waals surface area contributed by atoms with Gasteiger partial charge < -0.3 is 15.2 Å².